The minimum atomic E-state index is -3.50. The van der Waals surface area contributed by atoms with Gasteiger partial charge in [0.2, 0.25) is 15.9 Å². The predicted molar refractivity (Wildman–Crippen MR) is 86.1 cm³/mol. The number of hydrogen-bond acceptors (Lipinski definition) is 4. The molecular weight excluding hydrogens is 302 g/mol. The first kappa shape index (κ1) is 16.9. The van der Waals surface area contributed by atoms with Crippen LogP contribution in [-0.2, 0) is 14.8 Å². The maximum Gasteiger partial charge on any atom is 0.240 e. The van der Waals surface area contributed by atoms with Crippen molar-refractivity contribution in [2.45, 2.75) is 31.7 Å². The van der Waals surface area contributed by atoms with Crippen molar-refractivity contribution in [3.63, 3.8) is 0 Å². The summed E-state index contributed by atoms with van der Waals surface area (Å²) < 4.78 is 26.6. The Morgan fingerprint density at radius 1 is 1.18 bits per heavy atom. The quantitative estimate of drug-likeness (QED) is 0.732. The Hall–Kier alpha value is -1.44. The summed E-state index contributed by atoms with van der Waals surface area (Å²) in [6.45, 7) is 7.18. The van der Waals surface area contributed by atoms with Gasteiger partial charge in [0.1, 0.15) is 0 Å². The van der Waals surface area contributed by atoms with Crippen molar-refractivity contribution in [1.29, 1.82) is 0 Å². The molecule has 1 fully saturated rings. The van der Waals surface area contributed by atoms with Gasteiger partial charge < -0.3 is 10.6 Å². The number of nitrogens with one attached hydrogen (secondary N) is 3. The fraction of sp³-hybridized carbons (Fsp3) is 0.533. The zero-order chi connectivity index (χ0) is 16.3. The molecular formula is C15H23N3O3S. The molecule has 1 heterocycles. The standard InChI is InChI=1S/C15H23N3O3S/c1-10(2)18-22(20,21)14-6-4-13(5-7-14)17-15(19)11(3)12-8-16-9-12/h4-7,10-12,16,18H,8-9H2,1-3H3,(H,17,19). The molecule has 1 aliphatic rings. The van der Waals surface area contributed by atoms with Crippen molar-refractivity contribution >= 4 is 21.6 Å². The highest BCUT2D eigenvalue weighted by atomic mass is 32.2. The molecule has 6 nitrogen and oxygen atoms in total. The van der Waals surface area contributed by atoms with Crippen LogP contribution in [0.4, 0.5) is 5.69 Å². The Morgan fingerprint density at radius 3 is 2.23 bits per heavy atom. The number of benzene rings is 1. The average Bonchev–Trinajstić information content (AvgIpc) is 2.35. The molecule has 0 spiro atoms. The molecule has 1 aromatic rings. The van der Waals surface area contributed by atoms with E-state index >= 15 is 0 Å². The summed E-state index contributed by atoms with van der Waals surface area (Å²) in [6.07, 6.45) is 0. The van der Waals surface area contributed by atoms with Gasteiger partial charge in [-0.15, -0.1) is 0 Å². The first-order chi connectivity index (χ1) is 10.3. The van der Waals surface area contributed by atoms with Crippen LogP contribution in [0.15, 0.2) is 29.2 Å². The highest BCUT2D eigenvalue weighted by molar-refractivity contribution is 7.89. The van der Waals surface area contributed by atoms with Crippen LogP contribution in [0.5, 0.6) is 0 Å². The number of hydrogen-bond donors (Lipinski definition) is 3. The molecule has 0 bridgehead atoms. The normalized spacial score (nSPS) is 17.1. The topological polar surface area (TPSA) is 87.3 Å². The maximum absolute atomic E-state index is 12.1. The van der Waals surface area contributed by atoms with Gasteiger partial charge in [-0.2, -0.15) is 0 Å². The molecule has 0 aromatic heterocycles. The fourth-order valence-electron chi connectivity index (χ4n) is 2.23. The molecule has 0 saturated carbocycles. The second-order valence-corrected chi connectivity index (χ2v) is 7.71. The minimum Gasteiger partial charge on any atom is -0.326 e. The molecule has 1 atom stereocenters. The van der Waals surface area contributed by atoms with Gasteiger partial charge in [-0.25, -0.2) is 13.1 Å². The van der Waals surface area contributed by atoms with E-state index in [1.807, 2.05) is 6.92 Å². The minimum absolute atomic E-state index is 0.0394. The van der Waals surface area contributed by atoms with Gasteiger partial charge in [-0.1, -0.05) is 6.92 Å². The van der Waals surface area contributed by atoms with E-state index in [1.54, 1.807) is 26.0 Å². The van der Waals surface area contributed by atoms with Crippen LogP contribution >= 0.6 is 0 Å². The lowest BCUT2D eigenvalue weighted by molar-refractivity contribution is -0.121. The molecule has 2 rings (SSSR count). The third-order valence-corrected chi connectivity index (χ3v) is 5.43. The summed E-state index contributed by atoms with van der Waals surface area (Å²) in [5.74, 6) is 0.268. The monoisotopic (exact) mass is 325 g/mol. The van der Waals surface area contributed by atoms with Gasteiger partial charge in [0.25, 0.3) is 0 Å². The van der Waals surface area contributed by atoms with Crippen molar-refractivity contribution in [3.8, 4) is 0 Å². The van der Waals surface area contributed by atoms with E-state index in [2.05, 4.69) is 15.4 Å². The average molecular weight is 325 g/mol. The number of rotatable bonds is 6. The number of anilines is 1. The largest absolute Gasteiger partial charge is 0.326 e. The van der Waals surface area contributed by atoms with E-state index in [-0.39, 0.29) is 22.8 Å². The summed E-state index contributed by atoms with van der Waals surface area (Å²) in [6, 6.07) is 6.05. The number of sulfonamides is 1. The van der Waals surface area contributed by atoms with Gasteiger partial charge in [0.05, 0.1) is 4.90 Å². The lowest BCUT2D eigenvalue weighted by Crippen LogP contribution is -2.48. The van der Waals surface area contributed by atoms with Crippen LogP contribution in [0.2, 0.25) is 0 Å². The summed E-state index contributed by atoms with van der Waals surface area (Å²) in [5, 5.41) is 5.98. The van der Waals surface area contributed by atoms with Gasteiger partial charge in [0.15, 0.2) is 0 Å². The lowest BCUT2D eigenvalue weighted by Gasteiger charge is -2.31. The van der Waals surface area contributed by atoms with Crippen molar-refractivity contribution in [3.05, 3.63) is 24.3 Å². The first-order valence-electron chi connectivity index (χ1n) is 7.43. The first-order valence-corrected chi connectivity index (χ1v) is 8.92. The molecule has 0 aliphatic carbocycles. The highest BCUT2D eigenvalue weighted by Gasteiger charge is 2.28. The van der Waals surface area contributed by atoms with Gasteiger partial charge in [-0.05, 0) is 57.1 Å². The van der Waals surface area contributed by atoms with Gasteiger partial charge in [0, 0.05) is 17.6 Å². The smallest absolute Gasteiger partial charge is 0.240 e. The molecule has 122 valence electrons. The SMILES string of the molecule is CC(C)NS(=O)(=O)c1ccc(NC(=O)C(C)C2CNC2)cc1. The molecule has 1 aromatic carbocycles. The number of carbonyl (C=O) groups excluding carboxylic acids is 1. The summed E-state index contributed by atoms with van der Waals surface area (Å²) in [4.78, 5) is 12.3. The summed E-state index contributed by atoms with van der Waals surface area (Å²) in [5.41, 5.74) is 0.604. The highest BCUT2D eigenvalue weighted by Crippen LogP contribution is 2.19. The number of amides is 1. The molecule has 1 amide bonds. The second-order valence-electron chi connectivity index (χ2n) is 6.00. The van der Waals surface area contributed by atoms with Crippen LogP contribution in [0, 0.1) is 11.8 Å². The van der Waals surface area contributed by atoms with Crippen molar-refractivity contribution in [2.75, 3.05) is 18.4 Å². The predicted octanol–water partition coefficient (Wildman–Crippen LogP) is 1.17. The van der Waals surface area contributed by atoms with E-state index in [0.29, 0.717) is 11.6 Å². The van der Waals surface area contributed by atoms with Gasteiger partial charge >= 0.3 is 0 Å². The summed E-state index contributed by atoms with van der Waals surface area (Å²) >= 11 is 0. The zero-order valence-corrected chi connectivity index (χ0v) is 13.9. The molecule has 3 N–H and O–H groups in total. The van der Waals surface area contributed by atoms with Crippen molar-refractivity contribution in [1.82, 2.24) is 10.0 Å². The molecule has 22 heavy (non-hydrogen) atoms. The van der Waals surface area contributed by atoms with Crippen LogP contribution in [-0.4, -0.2) is 33.5 Å². The zero-order valence-electron chi connectivity index (χ0n) is 13.1. The molecule has 0 radical (unpaired) electrons. The third-order valence-electron chi connectivity index (χ3n) is 3.76. The van der Waals surface area contributed by atoms with Crippen LogP contribution < -0.4 is 15.4 Å². The van der Waals surface area contributed by atoms with Gasteiger partial charge in [-0.3, -0.25) is 4.79 Å². The van der Waals surface area contributed by atoms with E-state index in [1.165, 1.54) is 12.1 Å². The van der Waals surface area contributed by atoms with E-state index in [9.17, 15) is 13.2 Å². The van der Waals surface area contributed by atoms with Crippen LogP contribution in [0.1, 0.15) is 20.8 Å². The third kappa shape index (κ3) is 4.06. The maximum atomic E-state index is 12.1. The van der Waals surface area contributed by atoms with Crippen molar-refractivity contribution < 1.29 is 13.2 Å². The van der Waals surface area contributed by atoms with Crippen LogP contribution in [0.25, 0.3) is 0 Å². The van der Waals surface area contributed by atoms with E-state index in [0.717, 1.165) is 13.1 Å². The van der Waals surface area contributed by atoms with E-state index < -0.39 is 10.0 Å². The Labute approximate surface area is 131 Å². The van der Waals surface area contributed by atoms with Crippen molar-refractivity contribution in [2.24, 2.45) is 11.8 Å². The lowest BCUT2D eigenvalue weighted by atomic mass is 9.88. The fourth-order valence-corrected chi connectivity index (χ4v) is 3.48. The molecule has 1 saturated heterocycles. The summed E-state index contributed by atoms with van der Waals surface area (Å²) in [7, 11) is -3.50. The Kier molecular flexibility index (Phi) is 5.20. The Balaban J connectivity index is 2.01. The van der Waals surface area contributed by atoms with Crippen LogP contribution in [0.3, 0.4) is 0 Å². The molecule has 7 heteroatoms. The Bertz CT molecular complexity index is 622. The Morgan fingerprint density at radius 2 is 1.77 bits per heavy atom. The number of carbonyl (C=O) groups is 1. The molecule has 1 unspecified atom stereocenters. The second kappa shape index (κ2) is 6.76. The molecule has 1 aliphatic heterocycles. The van der Waals surface area contributed by atoms with E-state index in [4.69, 9.17) is 0 Å².